The van der Waals surface area contributed by atoms with Crippen molar-refractivity contribution in [2.24, 2.45) is 11.7 Å². The van der Waals surface area contributed by atoms with Gasteiger partial charge in [-0.3, -0.25) is 0 Å². The van der Waals surface area contributed by atoms with E-state index in [4.69, 9.17) is 5.73 Å². The van der Waals surface area contributed by atoms with Crippen LogP contribution in [0.2, 0.25) is 0 Å². The summed E-state index contributed by atoms with van der Waals surface area (Å²) >= 11 is 0. The van der Waals surface area contributed by atoms with Crippen molar-refractivity contribution in [3.8, 4) is 0 Å². The van der Waals surface area contributed by atoms with E-state index in [1.807, 2.05) is 19.1 Å². The molecule has 4 nitrogen and oxygen atoms in total. The summed E-state index contributed by atoms with van der Waals surface area (Å²) in [5.41, 5.74) is 6.69. The minimum atomic E-state index is -3.41. The number of benzene rings is 1. The zero-order valence-corrected chi connectivity index (χ0v) is 13.2. The Labute approximate surface area is 122 Å². The topological polar surface area (TPSA) is 72.2 Å². The molecule has 1 atom stereocenters. The van der Waals surface area contributed by atoms with E-state index in [1.54, 1.807) is 12.1 Å². The quantitative estimate of drug-likeness (QED) is 0.734. The van der Waals surface area contributed by atoms with Gasteiger partial charge in [-0.1, -0.05) is 38.8 Å². The predicted molar refractivity (Wildman–Crippen MR) is 83.1 cm³/mol. The molecule has 0 spiro atoms. The van der Waals surface area contributed by atoms with Crippen LogP contribution in [0.15, 0.2) is 29.2 Å². The Bertz CT molecular complexity index is 483. The fourth-order valence-electron chi connectivity index (χ4n) is 2.12. The second kappa shape index (κ2) is 8.39. The summed E-state index contributed by atoms with van der Waals surface area (Å²) in [6.07, 6.45) is 3.80. The molecule has 0 aliphatic heterocycles. The van der Waals surface area contributed by atoms with Crippen LogP contribution in [-0.2, 0) is 16.4 Å². The van der Waals surface area contributed by atoms with Gasteiger partial charge in [0.1, 0.15) is 0 Å². The van der Waals surface area contributed by atoms with Gasteiger partial charge in [-0.05, 0) is 43.0 Å². The van der Waals surface area contributed by atoms with E-state index in [2.05, 4.69) is 11.6 Å². The Kier molecular flexibility index (Phi) is 7.19. The van der Waals surface area contributed by atoms with Crippen LogP contribution >= 0.6 is 0 Å². The molecule has 1 aromatic rings. The Morgan fingerprint density at radius 2 is 1.85 bits per heavy atom. The lowest BCUT2D eigenvalue weighted by Gasteiger charge is -2.15. The lowest BCUT2D eigenvalue weighted by Crippen LogP contribution is -2.30. The van der Waals surface area contributed by atoms with Crippen LogP contribution in [0.1, 0.15) is 38.7 Å². The van der Waals surface area contributed by atoms with Gasteiger partial charge in [-0.15, -0.1) is 0 Å². The minimum absolute atomic E-state index is 0.300. The number of nitrogens with one attached hydrogen (secondary N) is 1. The van der Waals surface area contributed by atoms with E-state index < -0.39 is 10.0 Å². The first kappa shape index (κ1) is 17.1. The van der Waals surface area contributed by atoms with Gasteiger partial charge >= 0.3 is 0 Å². The van der Waals surface area contributed by atoms with E-state index in [-0.39, 0.29) is 0 Å². The minimum Gasteiger partial charge on any atom is -0.330 e. The van der Waals surface area contributed by atoms with E-state index in [0.29, 0.717) is 23.9 Å². The average molecular weight is 298 g/mol. The van der Waals surface area contributed by atoms with Crippen LogP contribution in [-0.4, -0.2) is 21.5 Å². The molecule has 0 saturated carbocycles. The molecule has 0 aliphatic rings. The van der Waals surface area contributed by atoms with Crippen molar-refractivity contribution in [3.05, 3.63) is 29.8 Å². The Morgan fingerprint density at radius 3 is 2.35 bits per heavy atom. The molecule has 0 fully saturated rings. The number of hydrogen-bond donors (Lipinski definition) is 2. The van der Waals surface area contributed by atoms with Crippen LogP contribution < -0.4 is 10.5 Å². The number of hydrogen-bond acceptors (Lipinski definition) is 3. The van der Waals surface area contributed by atoms with Gasteiger partial charge in [0, 0.05) is 6.54 Å². The fraction of sp³-hybridized carbons (Fsp3) is 0.600. The summed E-state index contributed by atoms with van der Waals surface area (Å²) < 4.78 is 27.0. The molecule has 20 heavy (non-hydrogen) atoms. The van der Waals surface area contributed by atoms with Crippen LogP contribution in [0.5, 0.6) is 0 Å². The highest BCUT2D eigenvalue weighted by atomic mass is 32.2. The van der Waals surface area contributed by atoms with Crippen molar-refractivity contribution in [2.75, 3.05) is 13.1 Å². The SMILES string of the molecule is CCCc1ccc(S(=O)(=O)NCC(CC)CCN)cc1. The number of sulfonamides is 1. The molecular formula is C15H26N2O2S. The molecule has 0 saturated heterocycles. The number of nitrogens with two attached hydrogens (primary N) is 1. The third-order valence-electron chi connectivity index (χ3n) is 3.49. The van der Waals surface area contributed by atoms with E-state index in [9.17, 15) is 8.42 Å². The van der Waals surface area contributed by atoms with Crippen molar-refractivity contribution >= 4 is 10.0 Å². The summed E-state index contributed by atoms with van der Waals surface area (Å²) in [6.45, 7) is 5.20. The number of rotatable bonds is 9. The second-order valence-electron chi connectivity index (χ2n) is 5.10. The average Bonchev–Trinajstić information content (AvgIpc) is 2.44. The molecule has 0 heterocycles. The Hall–Kier alpha value is -0.910. The lowest BCUT2D eigenvalue weighted by molar-refractivity contribution is 0.466. The normalized spacial score (nSPS) is 13.3. The van der Waals surface area contributed by atoms with Gasteiger partial charge in [0.2, 0.25) is 10.0 Å². The smallest absolute Gasteiger partial charge is 0.240 e. The lowest BCUT2D eigenvalue weighted by atomic mass is 10.0. The Balaban J connectivity index is 2.68. The molecule has 114 valence electrons. The molecule has 0 aromatic heterocycles. The zero-order chi connectivity index (χ0) is 15.0. The zero-order valence-electron chi connectivity index (χ0n) is 12.4. The summed E-state index contributed by atoms with van der Waals surface area (Å²) in [5.74, 6) is 0.300. The van der Waals surface area contributed by atoms with Crippen molar-refractivity contribution < 1.29 is 8.42 Å². The highest BCUT2D eigenvalue weighted by Crippen LogP contribution is 2.13. The highest BCUT2D eigenvalue weighted by molar-refractivity contribution is 7.89. The summed E-state index contributed by atoms with van der Waals surface area (Å²) in [7, 11) is -3.41. The summed E-state index contributed by atoms with van der Waals surface area (Å²) in [6, 6.07) is 7.12. The molecule has 1 rings (SSSR count). The maximum absolute atomic E-state index is 12.2. The predicted octanol–water partition coefficient (Wildman–Crippen LogP) is 2.29. The van der Waals surface area contributed by atoms with E-state index in [0.717, 1.165) is 25.7 Å². The van der Waals surface area contributed by atoms with Crippen molar-refractivity contribution in [1.29, 1.82) is 0 Å². The van der Waals surface area contributed by atoms with Crippen LogP contribution in [0.3, 0.4) is 0 Å². The Morgan fingerprint density at radius 1 is 1.20 bits per heavy atom. The molecular weight excluding hydrogens is 272 g/mol. The van der Waals surface area contributed by atoms with Crippen LogP contribution in [0.25, 0.3) is 0 Å². The third-order valence-corrected chi connectivity index (χ3v) is 4.93. The maximum atomic E-state index is 12.2. The van der Waals surface area contributed by atoms with E-state index >= 15 is 0 Å². The molecule has 0 bridgehead atoms. The van der Waals surface area contributed by atoms with Crippen molar-refractivity contribution in [3.63, 3.8) is 0 Å². The molecule has 0 radical (unpaired) electrons. The monoisotopic (exact) mass is 298 g/mol. The van der Waals surface area contributed by atoms with Crippen LogP contribution in [0.4, 0.5) is 0 Å². The van der Waals surface area contributed by atoms with Crippen LogP contribution in [0, 0.1) is 5.92 Å². The van der Waals surface area contributed by atoms with E-state index in [1.165, 1.54) is 5.56 Å². The fourth-order valence-corrected chi connectivity index (χ4v) is 3.24. The second-order valence-corrected chi connectivity index (χ2v) is 6.86. The van der Waals surface area contributed by atoms with Crippen molar-refractivity contribution in [2.45, 2.75) is 44.4 Å². The van der Waals surface area contributed by atoms with Gasteiger partial charge < -0.3 is 5.73 Å². The molecule has 1 aromatic carbocycles. The first-order valence-electron chi connectivity index (χ1n) is 7.32. The van der Waals surface area contributed by atoms with Crippen molar-refractivity contribution in [1.82, 2.24) is 4.72 Å². The molecule has 0 aliphatic carbocycles. The molecule has 3 N–H and O–H groups in total. The number of aryl methyl sites for hydroxylation is 1. The van der Waals surface area contributed by atoms with Gasteiger partial charge in [0.15, 0.2) is 0 Å². The molecule has 0 amide bonds. The van der Waals surface area contributed by atoms with Gasteiger partial charge in [0.05, 0.1) is 4.90 Å². The standard InChI is InChI=1S/C15H26N2O2S/c1-3-5-14-6-8-15(9-7-14)20(18,19)17-12-13(4-2)10-11-16/h6-9,13,17H,3-5,10-12,16H2,1-2H3. The largest absolute Gasteiger partial charge is 0.330 e. The third kappa shape index (κ3) is 5.23. The highest BCUT2D eigenvalue weighted by Gasteiger charge is 2.15. The first-order chi connectivity index (χ1) is 9.53. The molecule has 1 unspecified atom stereocenters. The van der Waals surface area contributed by atoms with Gasteiger partial charge in [0.25, 0.3) is 0 Å². The van der Waals surface area contributed by atoms with Gasteiger partial charge in [-0.25, -0.2) is 13.1 Å². The van der Waals surface area contributed by atoms with Gasteiger partial charge in [-0.2, -0.15) is 0 Å². The summed E-state index contributed by atoms with van der Waals surface area (Å²) in [5, 5.41) is 0. The first-order valence-corrected chi connectivity index (χ1v) is 8.80. The maximum Gasteiger partial charge on any atom is 0.240 e. The summed E-state index contributed by atoms with van der Waals surface area (Å²) in [4.78, 5) is 0.333. The molecule has 5 heteroatoms.